The number of hydrogen-bond donors (Lipinski definition) is 0. The van der Waals surface area contributed by atoms with Gasteiger partial charge >= 0.3 is 0 Å². The molecule has 1 aliphatic carbocycles. The van der Waals surface area contributed by atoms with Crippen molar-refractivity contribution in [1.29, 1.82) is 0 Å². The first-order chi connectivity index (χ1) is 10.2. The lowest BCUT2D eigenvalue weighted by molar-refractivity contribution is -0.605. The van der Waals surface area contributed by atoms with E-state index in [2.05, 4.69) is 0 Å². The fourth-order valence-electron chi connectivity index (χ4n) is 3.27. The van der Waals surface area contributed by atoms with Crippen LogP contribution in [-0.4, -0.2) is 16.7 Å². The van der Waals surface area contributed by atoms with Crippen LogP contribution in [0.15, 0.2) is 42.7 Å². The third-order valence-corrected chi connectivity index (χ3v) is 4.24. The molecule has 4 rings (SSSR count). The van der Waals surface area contributed by atoms with E-state index in [1.54, 1.807) is 30.3 Å². The van der Waals surface area contributed by atoms with E-state index < -0.39 is 0 Å². The molecule has 5 heteroatoms. The number of pyridine rings is 1. The molecule has 104 valence electrons. The lowest BCUT2D eigenvalue weighted by atomic mass is 10.1. The maximum absolute atomic E-state index is 12.5. The third-order valence-electron chi connectivity index (χ3n) is 4.24. The van der Waals surface area contributed by atoms with Crippen LogP contribution in [0, 0.1) is 5.21 Å². The summed E-state index contributed by atoms with van der Waals surface area (Å²) in [4.78, 5) is 26.4. The lowest BCUT2D eigenvalue weighted by Crippen LogP contribution is -2.33. The van der Waals surface area contributed by atoms with Gasteiger partial charge in [0.1, 0.15) is 0 Å². The summed E-state index contributed by atoms with van der Waals surface area (Å²) in [6.45, 7) is 0. The van der Waals surface area contributed by atoms with Crippen molar-refractivity contribution in [2.24, 2.45) is 0 Å². The Hall–Kier alpha value is -2.69. The van der Waals surface area contributed by atoms with Crippen LogP contribution in [0.2, 0.25) is 0 Å². The average Bonchev–Trinajstić information content (AvgIpc) is 2.99. The van der Waals surface area contributed by atoms with E-state index in [1.165, 1.54) is 17.3 Å². The van der Waals surface area contributed by atoms with Gasteiger partial charge in [0, 0.05) is 11.6 Å². The van der Waals surface area contributed by atoms with Gasteiger partial charge in [-0.05, 0) is 30.5 Å². The molecule has 1 atom stereocenters. The molecule has 0 saturated heterocycles. The minimum absolute atomic E-state index is 0.243. The molecule has 1 aromatic carbocycles. The topological polar surface area (TPSA) is 64.3 Å². The number of aryl methyl sites for hydroxylation is 1. The van der Waals surface area contributed by atoms with E-state index in [9.17, 15) is 14.8 Å². The zero-order valence-corrected chi connectivity index (χ0v) is 11.2. The van der Waals surface area contributed by atoms with E-state index in [0.29, 0.717) is 24.0 Å². The summed E-state index contributed by atoms with van der Waals surface area (Å²) in [5, 5.41) is 11.3. The number of amides is 2. The van der Waals surface area contributed by atoms with Crippen LogP contribution in [0.4, 0.5) is 0 Å². The van der Waals surface area contributed by atoms with Crippen molar-refractivity contribution in [3.63, 3.8) is 0 Å². The Kier molecular flexibility index (Phi) is 2.39. The first-order valence-corrected chi connectivity index (χ1v) is 6.85. The highest BCUT2D eigenvalue weighted by Crippen LogP contribution is 2.39. The molecule has 0 bridgehead atoms. The fraction of sp³-hybridized carbons (Fsp3) is 0.188. The van der Waals surface area contributed by atoms with Crippen LogP contribution in [0.5, 0.6) is 0 Å². The number of carbonyl (C=O) groups is 2. The van der Waals surface area contributed by atoms with E-state index in [-0.39, 0.29) is 17.9 Å². The predicted molar refractivity (Wildman–Crippen MR) is 73.4 cm³/mol. The number of hydrogen-bond acceptors (Lipinski definition) is 3. The van der Waals surface area contributed by atoms with Crippen LogP contribution in [0.3, 0.4) is 0 Å². The van der Waals surface area contributed by atoms with E-state index in [4.69, 9.17) is 0 Å². The van der Waals surface area contributed by atoms with Crippen molar-refractivity contribution in [2.75, 3.05) is 0 Å². The minimum atomic E-state index is -0.270. The van der Waals surface area contributed by atoms with E-state index in [0.717, 1.165) is 15.9 Å². The molecule has 2 amide bonds. The lowest BCUT2D eigenvalue weighted by Gasteiger charge is -2.22. The summed E-state index contributed by atoms with van der Waals surface area (Å²) < 4.78 is 0.754. The highest BCUT2D eigenvalue weighted by molar-refractivity contribution is 6.21. The normalized spacial score (nSPS) is 19.8. The molecule has 1 aliphatic heterocycles. The Morgan fingerprint density at radius 3 is 2.43 bits per heavy atom. The van der Waals surface area contributed by atoms with Crippen molar-refractivity contribution in [2.45, 2.75) is 18.9 Å². The summed E-state index contributed by atoms with van der Waals surface area (Å²) in [7, 11) is 0. The molecule has 0 radical (unpaired) electrons. The molecular weight excluding hydrogens is 268 g/mol. The van der Waals surface area contributed by atoms with Gasteiger partial charge in [-0.3, -0.25) is 14.5 Å². The largest absolute Gasteiger partial charge is 0.619 e. The van der Waals surface area contributed by atoms with Gasteiger partial charge < -0.3 is 5.21 Å². The Bertz CT molecular complexity index is 750. The summed E-state index contributed by atoms with van der Waals surface area (Å²) in [5.41, 5.74) is 2.74. The van der Waals surface area contributed by atoms with Gasteiger partial charge in [-0.15, -0.1) is 0 Å². The molecule has 1 unspecified atom stereocenters. The zero-order chi connectivity index (χ0) is 14.6. The molecule has 2 aliphatic rings. The first-order valence-electron chi connectivity index (χ1n) is 6.85. The van der Waals surface area contributed by atoms with Gasteiger partial charge in [-0.25, -0.2) is 0 Å². The molecule has 0 saturated carbocycles. The van der Waals surface area contributed by atoms with Crippen molar-refractivity contribution in [3.05, 3.63) is 70.2 Å². The van der Waals surface area contributed by atoms with Crippen LogP contribution in [0.25, 0.3) is 0 Å². The summed E-state index contributed by atoms with van der Waals surface area (Å²) >= 11 is 0. The molecule has 1 aromatic heterocycles. The highest BCUT2D eigenvalue weighted by Gasteiger charge is 2.42. The third kappa shape index (κ3) is 1.60. The predicted octanol–water partition coefficient (Wildman–Crippen LogP) is 1.60. The number of fused-ring (bicyclic) bond motifs is 2. The minimum Gasteiger partial charge on any atom is -0.619 e. The van der Waals surface area contributed by atoms with Crippen LogP contribution in [0.1, 0.15) is 44.3 Å². The molecule has 2 heterocycles. The molecular formula is C16H12N2O3. The molecule has 21 heavy (non-hydrogen) atoms. The van der Waals surface area contributed by atoms with Crippen molar-refractivity contribution in [1.82, 2.24) is 4.90 Å². The van der Waals surface area contributed by atoms with E-state index >= 15 is 0 Å². The second kappa shape index (κ2) is 4.15. The summed E-state index contributed by atoms with van der Waals surface area (Å²) in [6, 6.07) is 8.33. The number of imide groups is 1. The van der Waals surface area contributed by atoms with Crippen molar-refractivity contribution in [3.8, 4) is 0 Å². The van der Waals surface area contributed by atoms with Gasteiger partial charge in [-0.2, -0.15) is 4.73 Å². The van der Waals surface area contributed by atoms with E-state index in [1.807, 2.05) is 0 Å². The van der Waals surface area contributed by atoms with Gasteiger partial charge in [0.25, 0.3) is 11.8 Å². The second-order valence-corrected chi connectivity index (χ2v) is 5.37. The van der Waals surface area contributed by atoms with Gasteiger partial charge in [0.15, 0.2) is 12.4 Å². The fourth-order valence-corrected chi connectivity index (χ4v) is 3.27. The maximum atomic E-state index is 12.5. The first kappa shape index (κ1) is 12.1. The number of carbonyl (C=O) groups excluding carboxylic acids is 2. The Morgan fingerprint density at radius 1 is 1.10 bits per heavy atom. The van der Waals surface area contributed by atoms with Crippen LogP contribution in [-0.2, 0) is 6.42 Å². The summed E-state index contributed by atoms with van der Waals surface area (Å²) in [5.74, 6) is -0.486. The molecule has 0 fully saturated rings. The quantitative estimate of drug-likeness (QED) is 0.453. The molecule has 2 aromatic rings. The van der Waals surface area contributed by atoms with Crippen molar-refractivity contribution >= 4 is 11.8 Å². The Balaban J connectivity index is 1.78. The Labute approximate surface area is 121 Å². The van der Waals surface area contributed by atoms with Crippen LogP contribution < -0.4 is 4.73 Å². The van der Waals surface area contributed by atoms with Gasteiger partial charge in [0.2, 0.25) is 0 Å². The average molecular weight is 280 g/mol. The monoisotopic (exact) mass is 280 g/mol. The second-order valence-electron chi connectivity index (χ2n) is 5.37. The number of aromatic nitrogens is 1. The summed E-state index contributed by atoms with van der Waals surface area (Å²) in [6.07, 6.45) is 4.31. The Morgan fingerprint density at radius 2 is 1.76 bits per heavy atom. The van der Waals surface area contributed by atoms with Crippen molar-refractivity contribution < 1.29 is 14.3 Å². The number of rotatable bonds is 1. The highest BCUT2D eigenvalue weighted by atomic mass is 16.5. The van der Waals surface area contributed by atoms with Crippen LogP contribution >= 0.6 is 0 Å². The van der Waals surface area contributed by atoms with Gasteiger partial charge in [0.05, 0.1) is 17.2 Å². The zero-order valence-electron chi connectivity index (χ0n) is 11.2. The molecule has 5 nitrogen and oxygen atoms in total. The number of benzene rings is 1. The smallest absolute Gasteiger partial charge is 0.262 e. The molecule has 0 N–H and O–H groups in total. The number of nitrogens with zero attached hydrogens (tertiary/aromatic N) is 2. The SMILES string of the molecule is O=C1c2ccccc2C(=O)N1C1CCc2c[n+]([O-])ccc21. The molecule has 0 spiro atoms. The van der Waals surface area contributed by atoms with Gasteiger partial charge in [-0.1, -0.05) is 12.1 Å². The maximum Gasteiger partial charge on any atom is 0.262 e. The standard InChI is InChI=1S/C16H12N2O3/c19-15-12-3-1-2-4-13(12)16(20)18(15)14-6-5-10-9-17(21)8-7-11(10)14/h1-4,7-9,14H,5-6H2.